The van der Waals surface area contributed by atoms with Crippen LogP contribution in [0, 0.1) is 0 Å². The van der Waals surface area contributed by atoms with Crippen molar-refractivity contribution in [3.05, 3.63) is 11.6 Å². The monoisotopic (exact) mass is 207 g/mol. The Bertz CT molecular complexity index is 328. The van der Waals surface area contributed by atoms with Crippen molar-refractivity contribution in [2.24, 2.45) is 4.99 Å². The van der Waals surface area contributed by atoms with Gasteiger partial charge in [0.25, 0.3) is 0 Å². The van der Waals surface area contributed by atoms with E-state index in [9.17, 15) is 0 Å². The average molecular weight is 207 g/mol. The van der Waals surface area contributed by atoms with Gasteiger partial charge in [-0.3, -0.25) is 4.99 Å². The Labute approximate surface area is 91.7 Å². The van der Waals surface area contributed by atoms with E-state index in [1.54, 1.807) is 0 Å². The van der Waals surface area contributed by atoms with Crippen molar-refractivity contribution >= 4 is 12.7 Å². The van der Waals surface area contributed by atoms with Crippen LogP contribution < -0.4 is 0 Å². The summed E-state index contributed by atoms with van der Waals surface area (Å²) in [5.41, 5.74) is 1.64. The third kappa shape index (κ3) is 1.76. The van der Waals surface area contributed by atoms with E-state index >= 15 is 0 Å². The van der Waals surface area contributed by atoms with Crippen LogP contribution in [0.25, 0.3) is 0 Å². The Hall–Kier alpha value is -0.605. The zero-order chi connectivity index (χ0) is 11.3. The van der Waals surface area contributed by atoms with E-state index in [4.69, 9.17) is 9.31 Å². The van der Waals surface area contributed by atoms with Gasteiger partial charge in [-0.05, 0) is 40.7 Å². The van der Waals surface area contributed by atoms with Gasteiger partial charge in [0.05, 0.1) is 23.4 Å². The van der Waals surface area contributed by atoms with Crippen molar-refractivity contribution in [3.63, 3.8) is 0 Å². The van der Waals surface area contributed by atoms with Gasteiger partial charge in [0.15, 0.2) is 0 Å². The summed E-state index contributed by atoms with van der Waals surface area (Å²) in [6, 6.07) is 0. The van der Waals surface area contributed by atoms with Gasteiger partial charge in [-0.15, -0.1) is 0 Å². The van der Waals surface area contributed by atoms with Crippen LogP contribution in [0.2, 0.25) is 0 Å². The number of hydrogen-bond donors (Lipinski definition) is 0. The van der Waals surface area contributed by atoms with Gasteiger partial charge in [-0.1, -0.05) is 5.57 Å². The van der Waals surface area contributed by atoms with Gasteiger partial charge in [-0.25, -0.2) is 0 Å². The van der Waals surface area contributed by atoms with Crippen LogP contribution in [0.3, 0.4) is 0 Å². The van der Waals surface area contributed by atoms with Gasteiger partial charge in [-0.2, -0.15) is 0 Å². The molecule has 2 aliphatic rings. The molecule has 15 heavy (non-hydrogen) atoms. The number of hydrogen-bond acceptors (Lipinski definition) is 3. The summed E-state index contributed by atoms with van der Waals surface area (Å²) in [6.07, 6.45) is 2.06. The highest BCUT2D eigenvalue weighted by atomic mass is 16.7. The fourth-order valence-corrected chi connectivity index (χ4v) is 1.67. The fraction of sp³-hybridized carbons (Fsp3) is 0.727. The molecule has 0 radical (unpaired) electrons. The molecule has 0 amide bonds. The smallest absolute Gasteiger partial charge is 0.398 e. The summed E-state index contributed by atoms with van der Waals surface area (Å²) in [6.45, 7) is 11.1. The Morgan fingerprint density at radius 1 is 1.20 bits per heavy atom. The highest BCUT2D eigenvalue weighted by Gasteiger charge is 2.52. The summed E-state index contributed by atoms with van der Waals surface area (Å²) in [5.74, 6) is 0. The first-order valence-electron chi connectivity index (χ1n) is 5.39. The van der Waals surface area contributed by atoms with Crippen molar-refractivity contribution in [3.8, 4) is 0 Å². The lowest BCUT2D eigenvalue weighted by atomic mass is 9.82. The van der Waals surface area contributed by atoms with E-state index < -0.39 is 0 Å². The topological polar surface area (TPSA) is 30.8 Å². The van der Waals surface area contributed by atoms with Crippen molar-refractivity contribution in [2.45, 2.75) is 45.8 Å². The fourth-order valence-electron chi connectivity index (χ4n) is 1.67. The molecule has 0 aromatic carbocycles. The standard InChI is InChI=1S/C11H18BNO2/c1-8-6-9(13-7-8)12-14-10(2,3)11(4,5)15-12/h6H,7H2,1-5H3. The molecule has 3 nitrogen and oxygen atoms in total. The maximum absolute atomic E-state index is 5.90. The molecule has 4 heteroatoms. The van der Waals surface area contributed by atoms with E-state index in [2.05, 4.69) is 45.7 Å². The molecular formula is C11H18BNO2. The van der Waals surface area contributed by atoms with Gasteiger partial charge < -0.3 is 9.31 Å². The molecule has 1 fully saturated rings. The molecule has 0 saturated carbocycles. The minimum atomic E-state index is -0.299. The van der Waals surface area contributed by atoms with Crippen LogP contribution in [0.4, 0.5) is 0 Å². The highest BCUT2D eigenvalue weighted by molar-refractivity contribution is 6.85. The van der Waals surface area contributed by atoms with Crippen LogP contribution in [0.5, 0.6) is 0 Å². The molecule has 0 N–H and O–H groups in total. The third-order valence-electron chi connectivity index (χ3n) is 3.40. The van der Waals surface area contributed by atoms with Crippen molar-refractivity contribution < 1.29 is 9.31 Å². The van der Waals surface area contributed by atoms with Gasteiger partial charge in [0, 0.05) is 0 Å². The van der Waals surface area contributed by atoms with E-state index in [-0.39, 0.29) is 18.3 Å². The molecule has 0 unspecified atom stereocenters. The maximum atomic E-state index is 5.90. The second-order valence-corrected chi connectivity index (χ2v) is 5.32. The van der Waals surface area contributed by atoms with Crippen LogP contribution >= 0.6 is 0 Å². The Morgan fingerprint density at radius 2 is 1.73 bits per heavy atom. The molecule has 0 bridgehead atoms. The summed E-state index contributed by atoms with van der Waals surface area (Å²) >= 11 is 0. The first-order valence-corrected chi connectivity index (χ1v) is 5.39. The number of aliphatic imine (C=N–C) groups is 1. The quantitative estimate of drug-likeness (QED) is 0.616. The maximum Gasteiger partial charge on any atom is 0.514 e. The number of rotatable bonds is 1. The minimum absolute atomic E-state index is 0.273. The molecule has 0 aromatic rings. The lowest BCUT2D eigenvalue weighted by Gasteiger charge is -2.32. The molecule has 2 aliphatic heterocycles. The van der Waals surface area contributed by atoms with Gasteiger partial charge >= 0.3 is 7.12 Å². The van der Waals surface area contributed by atoms with Gasteiger partial charge in [0.2, 0.25) is 0 Å². The second-order valence-electron chi connectivity index (χ2n) is 5.32. The molecule has 1 saturated heterocycles. The predicted molar refractivity (Wildman–Crippen MR) is 62.1 cm³/mol. The molecular weight excluding hydrogens is 189 g/mol. The molecule has 2 heterocycles. The van der Waals surface area contributed by atoms with E-state index in [1.165, 1.54) is 5.57 Å². The average Bonchev–Trinajstić information content (AvgIpc) is 2.56. The minimum Gasteiger partial charge on any atom is -0.398 e. The number of nitrogens with zero attached hydrogens (tertiary/aromatic N) is 1. The highest BCUT2D eigenvalue weighted by Crippen LogP contribution is 2.37. The number of allylic oxidation sites excluding steroid dienone is 1. The molecule has 0 spiro atoms. The van der Waals surface area contributed by atoms with Crippen molar-refractivity contribution in [1.29, 1.82) is 0 Å². The molecule has 2 rings (SSSR count). The first kappa shape index (κ1) is 10.9. The zero-order valence-corrected chi connectivity index (χ0v) is 10.1. The zero-order valence-electron chi connectivity index (χ0n) is 10.1. The van der Waals surface area contributed by atoms with E-state index in [0.29, 0.717) is 0 Å². The van der Waals surface area contributed by atoms with E-state index in [1.807, 2.05) is 0 Å². The molecule has 82 valence electrons. The van der Waals surface area contributed by atoms with Crippen LogP contribution in [-0.2, 0) is 9.31 Å². The third-order valence-corrected chi connectivity index (χ3v) is 3.40. The molecule has 0 aliphatic carbocycles. The Balaban J connectivity index is 2.17. The lowest BCUT2D eigenvalue weighted by Crippen LogP contribution is -2.41. The Morgan fingerprint density at radius 3 is 2.13 bits per heavy atom. The summed E-state index contributed by atoms with van der Waals surface area (Å²) in [4.78, 5) is 4.40. The lowest BCUT2D eigenvalue weighted by molar-refractivity contribution is 0.00578. The molecule has 0 aromatic heterocycles. The predicted octanol–water partition coefficient (Wildman–Crippen LogP) is 2.02. The Kier molecular flexibility index (Phi) is 2.32. The van der Waals surface area contributed by atoms with Crippen LogP contribution in [0.15, 0.2) is 16.6 Å². The van der Waals surface area contributed by atoms with Crippen molar-refractivity contribution in [1.82, 2.24) is 0 Å². The molecule has 0 atom stereocenters. The summed E-state index contributed by atoms with van der Waals surface area (Å²) in [7, 11) is -0.299. The summed E-state index contributed by atoms with van der Waals surface area (Å²) < 4.78 is 11.8. The van der Waals surface area contributed by atoms with E-state index in [0.717, 1.165) is 12.2 Å². The largest absolute Gasteiger partial charge is 0.514 e. The second kappa shape index (κ2) is 3.19. The van der Waals surface area contributed by atoms with Crippen molar-refractivity contribution in [2.75, 3.05) is 6.54 Å². The van der Waals surface area contributed by atoms with Crippen LogP contribution in [-0.4, -0.2) is 30.5 Å². The first-order chi connectivity index (χ1) is 6.82. The SMILES string of the molecule is CC1=CC(B2OC(C)(C)C(C)(C)O2)=NC1. The van der Waals surface area contributed by atoms with Crippen LogP contribution in [0.1, 0.15) is 34.6 Å². The normalized spacial score (nSPS) is 27.9. The van der Waals surface area contributed by atoms with Gasteiger partial charge in [0.1, 0.15) is 0 Å². The summed E-state index contributed by atoms with van der Waals surface area (Å²) in [5, 5.41) is 0.